The van der Waals surface area contributed by atoms with Crippen molar-refractivity contribution in [2.75, 3.05) is 11.9 Å². The first-order chi connectivity index (χ1) is 11.0. The van der Waals surface area contributed by atoms with Gasteiger partial charge in [-0.25, -0.2) is 0 Å². The Morgan fingerprint density at radius 3 is 2.57 bits per heavy atom. The lowest BCUT2D eigenvalue weighted by atomic mass is 10.2. The standard InChI is InChI=1S/C16H14Br2N2O2S/c1-2-22-14-8-7-10(9-12(14)18)15(21)20-16(23)19-13-6-4-3-5-11(13)17/h3-9H,2H2,1H3,(H2,19,20,21,23). The van der Waals surface area contributed by atoms with Gasteiger partial charge in [0.2, 0.25) is 0 Å². The van der Waals surface area contributed by atoms with Gasteiger partial charge in [0.05, 0.1) is 16.8 Å². The van der Waals surface area contributed by atoms with Crippen molar-refractivity contribution in [3.63, 3.8) is 0 Å². The number of rotatable bonds is 4. The molecular weight excluding hydrogens is 444 g/mol. The quantitative estimate of drug-likeness (QED) is 0.651. The first-order valence-corrected chi connectivity index (χ1v) is 8.80. The summed E-state index contributed by atoms with van der Waals surface area (Å²) in [5.74, 6) is 0.399. The molecule has 0 saturated carbocycles. The van der Waals surface area contributed by atoms with Gasteiger partial charge in [0.25, 0.3) is 5.91 Å². The summed E-state index contributed by atoms with van der Waals surface area (Å²) in [5.41, 5.74) is 1.27. The molecule has 0 bridgehead atoms. The average Bonchev–Trinajstić information content (AvgIpc) is 2.51. The van der Waals surface area contributed by atoms with Crippen molar-refractivity contribution in [2.24, 2.45) is 0 Å². The number of hydrogen-bond acceptors (Lipinski definition) is 3. The summed E-state index contributed by atoms with van der Waals surface area (Å²) in [6.45, 7) is 2.46. The number of halogens is 2. The van der Waals surface area contributed by atoms with Crippen LogP contribution in [0.2, 0.25) is 0 Å². The summed E-state index contributed by atoms with van der Waals surface area (Å²) in [4.78, 5) is 12.2. The molecule has 2 N–H and O–H groups in total. The molecule has 0 saturated heterocycles. The number of carbonyl (C=O) groups is 1. The zero-order chi connectivity index (χ0) is 16.8. The number of thiocarbonyl (C=S) groups is 1. The van der Waals surface area contributed by atoms with Gasteiger partial charge in [-0.2, -0.15) is 0 Å². The number of benzene rings is 2. The van der Waals surface area contributed by atoms with Crippen LogP contribution in [0.4, 0.5) is 5.69 Å². The van der Waals surface area contributed by atoms with Crippen molar-refractivity contribution in [2.45, 2.75) is 6.92 Å². The number of carbonyl (C=O) groups excluding carboxylic acids is 1. The number of nitrogens with one attached hydrogen (secondary N) is 2. The lowest BCUT2D eigenvalue weighted by Gasteiger charge is -2.12. The molecule has 0 spiro atoms. The molecule has 2 aromatic rings. The number of hydrogen-bond donors (Lipinski definition) is 2. The second-order valence-electron chi connectivity index (χ2n) is 4.47. The van der Waals surface area contributed by atoms with Gasteiger partial charge in [0.15, 0.2) is 5.11 Å². The van der Waals surface area contributed by atoms with Gasteiger partial charge in [-0.05, 0) is 81.3 Å². The van der Waals surface area contributed by atoms with E-state index in [-0.39, 0.29) is 11.0 Å². The van der Waals surface area contributed by atoms with Gasteiger partial charge >= 0.3 is 0 Å². The van der Waals surface area contributed by atoms with E-state index in [1.54, 1.807) is 18.2 Å². The summed E-state index contributed by atoms with van der Waals surface area (Å²) in [6.07, 6.45) is 0. The van der Waals surface area contributed by atoms with Crippen LogP contribution in [-0.2, 0) is 0 Å². The maximum Gasteiger partial charge on any atom is 0.257 e. The molecule has 120 valence electrons. The van der Waals surface area contributed by atoms with Gasteiger partial charge in [0, 0.05) is 10.0 Å². The summed E-state index contributed by atoms with van der Waals surface area (Å²) in [5, 5.41) is 5.85. The zero-order valence-electron chi connectivity index (χ0n) is 12.2. The second-order valence-corrected chi connectivity index (χ2v) is 6.58. The minimum atomic E-state index is -0.293. The van der Waals surface area contributed by atoms with E-state index in [4.69, 9.17) is 17.0 Å². The Hall–Kier alpha value is -1.44. The van der Waals surface area contributed by atoms with Crippen LogP contribution >= 0.6 is 44.1 Å². The monoisotopic (exact) mass is 456 g/mol. The van der Waals surface area contributed by atoms with Gasteiger partial charge in [0.1, 0.15) is 5.75 Å². The lowest BCUT2D eigenvalue weighted by Crippen LogP contribution is -2.34. The van der Waals surface area contributed by atoms with Crippen LogP contribution in [0.1, 0.15) is 17.3 Å². The van der Waals surface area contributed by atoms with Crippen molar-refractivity contribution in [1.29, 1.82) is 0 Å². The van der Waals surface area contributed by atoms with E-state index in [2.05, 4.69) is 42.5 Å². The third kappa shape index (κ3) is 5.02. The zero-order valence-corrected chi connectivity index (χ0v) is 16.2. The number of anilines is 1. The maximum atomic E-state index is 12.2. The first kappa shape index (κ1) is 17.9. The fraction of sp³-hybridized carbons (Fsp3) is 0.125. The molecule has 0 atom stereocenters. The minimum absolute atomic E-state index is 0.229. The molecule has 7 heteroatoms. The van der Waals surface area contributed by atoms with Crippen LogP contribution in [0.15, 0.2) is 51.4 Å². The molecule has 0 aromatic heterocycles. The van der Waals surface area contributed by atoms with Crippen LogP contribution in [-0.4, -0.2) is 17.6 Å². The predicted octanol–water partition coefficient (Wildman–Crippen LogP) is 4.74. The summed E-state index contributed by atoms with van der Waals surface area (Å²) in [7, 11) is 0. The van der Waals surface area contributed by atoms with Crippen LogP contribution in [0.25, 0.3) is 0 Å². The van der Waals surface area contributed by atoms with Crippen molar-refractivity contribution in [3.05, 3.63) is 57.0 Å². The average molecular weight is 458 g/mol. The van der Waals surface area contributed by atoms with Gasteiger partial charge in [-0.3, -0.25) is 10.1 Å². The molecule has 0 aliphatic rings. The Labute approximate surface area is 156 Å². The van der Waals surface area contributed by atoms with Gasteiger partial charge in [-0.15, -0.1) is 0 Å². The van der Waals surface area contributed by atoms with E-state index in [1.165, 1.54) is 0 Å². The van der Waals surface area contributed by atoms with Crippen LogP contribution in [0, 0.1) is 0 Å². The molecular formula is C16H14Br2N2O2S. The molecule has 23 heavy (non-hydrogen) atoms. The molecule has 4 nitrogen and oxygen atoms in total. The maximum absolute atomic E-state index is 12.2. The fourth-order valence-electron chi connectivity index (χ4n) is 1.81. The molecule has 0 aliphatic carbocycles. The molecule has 2 rings (SSSR count). The van der Waals surface area contributed by atoms with Gasteiger partial charge < -0.3 is 10.1 Å². The smallest absolute Gasteiger partial charge is 0.257 e. The highest BCUT2D eigenvalue weighted by Crippen LogP contribution is 2.26. The largest absolute Gasteiger partial charge is 0.493 e. The van der Waals surface area contributed by atoms with Crippen molar-refractivity contribution < 1.29 is 9.53 Å². The highest BCUT2D eigenvalue weighted by molar-refractivity contribution is 9.11. The van der Waals surface area contributed by atoms with Crippen LogP contribution in [0.5, 0.6) is 5.75 Å². The van der Waals surface area contributed by atoms with E-state index in [9.17, 15) is 4.79 Å². The Kier molecular flexibility index (Phi) is 6.56. The molecule has 0 heterocycles. The number of amides is 1. The van der Waals surface area contributed by atoms with E-state index < -0.39 is 0 Å². The summed E-state index contributed by atoms with van der Waals surface area (Å²) in [6, 6.07) is 12.6. The van der Waals surface area contributed by atoms with E-state index >= 15 is 0 Å². The molecule has 1 amide bonds. The molecule has 0 aliphatic heterocycles. The molecule has 2 aromatic carbocycles. The summed E-state index contributed by atoms with van der Waals surface area (Å²) >= 11 is 12.0. The Bertz CT molecular complexity index is 738. The van der Waals surface area contributed by atoms with E-state index in [0.717, 1.165) is 14.6 Å². The van der Waals surface area contributed by atoms with Crippen molar-refractivity contribution >= 4 is 60.8 Å². The highest BCUT2D eigenvalue weighted by Gasteiger charge is 2.11. The second kappa shape index (κ2) is 8.42. The topological polar surface area (TPSA) is 50.4 Å². The number of para-hydroxylation sites is 1. The summed E-state index contributed by atoms with van der Waals surface area (Å²) < 4.78 is 7.00. The normalized spacial score (nSPS) is 10.0. The Morgan fingerprint density at radius 1 is 1.17 bits per heavy atom. The van der Waals surface area contributed by atoms with E-state index in [1.807, 2.05) is 31.2 Å². The first-order valence-electron chi connectivity index (χ1n) is 6.80. The van der Waals surface area contributed by atoms with Crippen LogP contribution < -0.4 is 15.4 Å². The van der Waals surface area contributed by atoms with E-state index in [0.29, 0.717) is 17.9 Å². The fourth-order valence-corrected chi connectivity index (χ4v) is 2.89. The Morgan fingerprint density at radius 2 is 1.91 bits per heavy atom. The van der Waals surface area contributed by atoms with Crippen molar-refractivity contribution in [1.82, 2.24) is 5.32 Å². The predicted molar refractivity (Wildman–Crippen MR) is 103 cm³/mol. The Balaban J connectivity index is 2.02. The van der Waals surface area contributed by atoms with Gasteiger partial charge in [-0.1, -0.05) is 12.1 Å². The molecule has 0 radical (unpaired) electrons. The third-order valence-electron chi connectivity index (χ3n) is 2.84. The van der Waals surface area contributed by atoms with Crippen molar-refractivity contribution in [3.8, 4) is 5.75 Å². The minimum Gasteiger partial charge on any atom is -0.493 e. The third-order valence-corrected chi connectivity index (χ3v) is 4.36. The highest BCUT2D eigenvalue weighted by atomic mass is 79.9. The number of ether oxygens (including phenoxy) is 1. The molecule has 0 unspecified atom stereocenters. The lowest BCUT2D eigenvalue weighted by molar-refractivity contribution is 0.0977. The molecule has 0 fully saturated rings. The SMILES string of the molecule is CCOc1ccc(C(=O)NC(=S)Nc2ccccc2Br)cc1Br. The van der Waals surface area contributed by atoms with Crippen LogP contribution in [0.3, 0.4) is 0 Å².